The zero-order chi connectivity index (χ0) is 9.68. The van der Waals surface area contributed by atoms with E-state index >= 15 is 0 Å². The summed E-state index contributed by atoms with van der Waals surface area (Å²) >= 11 is 0. The number of carbonyl (C=O) groups excluding carboxylic acids is 1. The van der Waals surface area contributed by atoms with E-state index < -0.39 is 6.09 Å². The van der Waals surface area contributed by atoms with Gasteiger partial charge in [-0.25, -0.2) is 4.79 Å². The molecule has 3 nitrogen and oxygen atoms in total. The van der Waals surface area contributed by atoms with Crippen molar-refractivity contribution >= 4 is 11.8 Å². The van der Waals surface area contributed by atoms with Crippen molar-refractivity contribution < 1.29 is 14.0 Å². The minimum atomic E-state index is -0.992. The van der Waals surface area contributed by atoms with Gasteiger partial charge in [-0.2, -0.15) is 0 Å². The number of benzene rings is 1. The van der Waals surface area contributed by atoms with Crippen molar-refractivity contribution in [3.63, 3.8) is 0 Å². The van der Waals surface area contributed by atoms with Crippen LogP contribution in [0.2, 0.25) is 0 Å². The third-order valence-corrected chi connectivity index (χ3v) is 1.41. The van der Waals surface area contributed by atoms with E-state index in [1.54, 1.807) is 25.1 Å². The van der Waals surface area contributed by atoms with E-state index in [2.05, 4.69) is 4.74 Å². The molecule has 4 heteroatoms. The highest BCUT2D eigenvalue weighted by Gasteiger charge is 2.14. The molecule has 0 unspecified atom stereocenters. The number of rotatable bonds is 2. The van der Waals surface area contributed by atoms with Crippen molar-refractivity contribution in [2.75, 3.05) is 11.7 Å². The Morgan fingerprint density at radius 2 is 2.08 bits per heavy atom. The first kappa shape index (κ1) is 9.51. The van der Waals surface area contributed by atoms with Gasteiger partial charge in [0.1, 0.15) is 0 Å². The number of hydrogen-bond acceptors (Lipinski definition) is 2. The second kappa shape index (κ2) is 4.45. The summed E-state index contributed by atoms with van der Waals surface area (Å²) in [5.74, 6) is 0. The van der Waals surface area contributed by atoms with Gasteiger partial charge in [0.15, 0.2) is 0 Å². The van der Waals surface area contributed by atoms with Crippen LogP contribution in [0.5, 0.6) is 0 Å². The predicted molar refractivity (Wildman–Crippen MR) is 47.1 cm³/mol. The summed E-state index contributed by atoms with van der Waals surface area (Å²) < 4.78 is 17.5. The quantitative estimate of drug-likeness (QED) is 0.659. The molecule has 70 valence electrons. The molecule has 1 rings (SSSR count). The van der Waals surface area contributed by atoms with Crippen LogP contribution in [0.15, 0.2) is 30.3 Å². The molecular formula is C9H10FNO2. The standard InChI is InChI=1S/C9H10FNO2/c1-2-13-9(12)11(10)8-6-4-3-5-7-8/h3-7H,2H2,1H3. The maximum atomic E-state index is 13.1. The van der Waals surface area contributed by atoms with E-state index in [0.717, 1.165) is 0 Å². The average Bonchev–Trinajstić information content (AvgIpc) is 2.18. The molecule has 1 amide bonds. The summed E-state index contributed by atoms with van der Waals surface area (Å²) in [6, 6.07) is 7.98. The van der Waals surface area contributed by atoms with Gasteiger partial charge in [0.2, 0.25) is 0 Å². The van der Waals surface area contributed by atoms with Gasteiger partial charge in [-0.1, -0.05) is 22.7 Å². The minimum Gasteiger partial charge on any atom is -0.448 e. The fourth-order valence-corrected chi connectivity index (χ4v) is 0.844. The van der Waals surface area contributed by atoms with Crippen LogP contribution in [0.4, 0.5) is 15.0 Å². The molecule has 0 heterocycles. The van der Waals surface area contributed by atoms with Crippen molar-refractivity contribution in [2.45, 2.75) is 6.92 Å². The molecule has 0 aliphatic carbocycles. The van der Waals surface area contributed by atoms with Gasteiger partial charge in [-0.3, -0.25) is 0 Å². The van der Waals surface area contributed by atoms with Crippen LogP contribution in [0.25, 0.3) is 0 Å². The lowest BCUT2D eigenvalue weighted by atomic mass is 10.3. The molecule has 0 spiro atoms. The highest BCUT2D eigenvalue weighted by molar-refractivity contribution is 5.84. The Balaban J connectivity index is 2.68. The zero-order valence-electron chi connectivity index (χ0n) is 7.24. The van der Waals surface area contributed by atoms with Gasteiger partial charge in [0.05, 0.1) is 12.3 Å². The highest BCUT2D eigenvalue weighted by atomic mass is 19.2. The highest BCUT2D eigenvalue weighted by Crippen LogP contribution is 2.14. The van der Waals surface area contributed by atoms with Crippen molar-refractivity contribution in [1.29, 1.82) is 0 Å². The van der Waals surface area contributed by atoms with E-state index in [1.807, 2.05) is 0 Å². The molecule has 0 aromatic heterocycles. The summed E-state index contributed by atoms with van der Waals surface area (Å²) in [6.07, 6.45) is -0.992. The Kier molecular flexibility index (Phi) is 3.25. The lowest BCUT2D eigenvalue weighted by Crippen LogP contribution is -2.22. The van der Waals surface area contributed by atoms with Gasteiger partial charge >= 0.3 is 6.09 Å². The molecule has 13 heavy (non-hydrogen) atoms. The Morgan fingerprint density at radius 1 is 1.46 bits per heavy atom. The largest absolute Gasteiger partial charge is 0.448 e. The molecule has 0 N–H and O–H groups in total. The van der Waals surface area contributed by atoms with Crippen LogP contribution >= 0.6 is 0 Å². The Bertz CT molecular complexity index is 276. The number of carbonyl (C=O) groups is 1. The number of anilines is 1. The first-order chi connectivity index (χ1) is 6.25. The summed E-state index contributed by atoms with van der Waals surface area (Å²) in [4.78, 5) is 10.9. The first-order valence-corrected chi connectivity index (χ1v) is 3.93. The molecule has 0 aliphatic rings. The number of halogens is 1. The number of ether oxygens (including phenoxy) is 1. The SMILES string of the molecule is CCOC(=O)N(F)c1ccccc1. The Labute approximate surface area is 75.7 Å². The van der Waals surface area contributed by atoms with Crippen LogP contribution in [-0.4, -0.2) is 12.7 Å². The number of para-hydroxylation sites is 1. The van der Waals surface area contributed by atoms with Crippen molar-refractivity contribution in [3.05, 3.63) is 30.3 Å². The fraction of sp³-hybridized carbons (Fsp3) is 0.222. The number of nitrogens with zero attached hydrogens (tertiary/aromatic N) is 1. The van der Waals surface area contributed by atoms with Crippen molar-refractivity contribution in [2.24, 2.45) is 0 Å². The molecule has 1 aromatic rings. The first-order valence-electron chi connectivity index (χ1n) is 3.93. The summed E-state index contributed by atoms with van der Waals surface area (Å²) in [6.45, 7) is 1.78. The molecule has 0 saturated heterocycles. The maximum absolute atomic E-state index is 13.1. The van der Waals surface area contributed by atoms with Crippen LogP contribution < -0.4 is 5.12 Å². The van der Waals surface area contributed by atoms with Gasteiger partial charge in [0, 0.05) is 0 Å². The van der Waals surface area contributed by atoms with Crippen molar-refractivity contribution in [1.82, 2.24) is 0 Å². The third-order valence-electron chi connectivity index (χ3n) is 1.41. The van der Waals surface area contributed by atoms with E-state index in [0.29, 0.717) is 0 Å². The minimum absolute atomic E-state index is 0.0243. The van der Waals surface area contributed by atoms with Crippen LogP contribution in [0.1, 0.15) is 6.92 Å². The molecule has 0 fully saturated rings. The van der Waals surface area contributed by atoms with Gasteiger partial charge in [-0.05, 0) is 19.1 Å². The van der Waals surface area contributed by atoms with Gasteiger partial charge in [0.25, 0.3) is 0 Å². The van der Waals surface area contributed by atoms with Crippen LogP contribution in [0, 0.1) is 0 Å². The van der Waals surface area contributed by atoms with Crippen molar-refractivity contribution in [3.8, 4) is 0 Å². The normalized spacial score (nSPS) is 9.38. The smallest absolute Gasteiger partial charge is 0.443 e. The lowest BCUT2D eigenvalue weighted by molar-refractivity contribution is 0.146. The number of amides is 1. The maximum Gasteiger partial charge on any atom is 0.443 e. The lowest BCUT2D eigenvalue weighted by Gasteiger charge is -2.10. The topological polar surface area (TPSA) is 29.5 Å². The summed E-state index contributed by atoms with van der Waals surface area (Å²) in [5.41, 5.74) is 0.168. The zero-order valence-corrected chi connectivity index (χ0v) is 7.24. The third kappa shape index (κ3) is 2.43. The van der Waals surface area contributed by atoms with E-state index in [-0.39, 0.29) is 17.4 Å². The monoisotopic (exact) mass is 183 g/mol. The molecule has 0 bridgehead atoms. The van der Waals surface area contributed by atoms with Crippen LogP contribution in [-0.2, 0) is 4.74 Å². The molecule has 1 aromatic carbocycles. The fourth-order valence-electron chi connectivity index (χ4n) is 0.844. The van der Waals surface area contributed by atoms with E-state index in [9.17, 15) is 9.28 Å². The average molecular weight is 183 g/mol. The predicted octanol–water partition coefficient (Wildman–Crippen LogP) is 2.53. The summed E-state index contributed by atoms with van der Waals surface area (Å²) in [7, 11) is 0. The van der Waals surface area contributed by atoms with Crippen LogP contribution in [0.3, 0.4) is 0 Å². The Hall–Kier alpha value is -1.58. The molecule has 0 atom stereocenters. The van der Waals surface area contributed by atoms with E-state index in [1.165, 1.54) is 12.1 Å². The second-order valence-corrected chi connectivity index (χ2v) is 2.32. The second-order valence-electron chi connectivity index (χ2n) is 2.32. The van der Waals surface area contributed by atoms with E-state index in [4.69, 9.17) is 0 Å². The molecule has 0 radical (unpaired) electrons. The molecule has 0 aliphatic heterocycles. The summed E-state index contributed by atoms with van der Waals surface area (Å²) in [5, 5.41) is -0.0243. The Morgan fingerprint density at radius 3 is 2.62 bits per heavy atom. The molecule has 0 saturated carbocycles. The van der Waals surface area contributed by atoms with Gasteiger partial charge < -0.3 is 4.74 Å². The molecular weight excluding hydrogens is 173 g/mol. The van der Waals surface area contributed by atoms with Gasteiger partial charge in [-0.15, -0.1) is 5.12 Å². The number of hydrogen-bond donors (Lipinski definition) is 0.